The third-order valence-electron chi connectivity index (χ3n) is 12.2. The molecule has 0 aliphatic carbocycles. The van der Waals surface area contributed by atoms with Gasteiger partial charge in [0.1, 0.15) is 24.2 Å². The number of carbonyl (C=O) groups is 3. The van der Waals surface area contributed by atoms with Gasteiger partial charge in [-0.3, -0.25) is 29.8 Å². The molecule has 3 amide bonds. The number of piperidine rings is 2. The number of hydrogen-bond donors (Lipinski definition) is 3. The zero-order chi connectivity index (χ0) is 45.0. The van der Waals surface area contributed by atoms with E-state index >= 15 is 0 Å². The number of methoxy groups -OCH3 is 1. The minimum Gasteiger partial charge on any atom is -0.684 e. The van der Waals surface area contributed by atoms with E-state index in [0.29, 0.717) is 55.6 Å². The Morgan fingerprint density at radius 1 is 0.985 bits per heavy atom. The van der Waals surface area contributed by atoms with Crippen molar-refractivity contribution in [1.82, 2.24) is 35.1 Å². The number of anilines is 5. The predicted molar refractivity (Wildman–Crippen MR) is 253 cm³/mol. The molecule has 1 atom stereocenters. The molecule has 3 N–H and O–H groups in total. The van der Waals surface area contributed by atoms with Gasteiger partial charge in [0.05, 0.1) is 33.8 Å². The van der Waals surface area contributed by atoms with E-state index in [9.17, 15) is 18.9 Å². The van der Waals surface area contributed by atoms with Crippen LogP contribution in [0.3, 0.4) is 0 Å². The predicted octanol–water partition coefficient (Wildman–Crippen LogP) is 6.57. The summed E-state index contributed by atoms with van der Waals surface area (Å²) in [7, 11) is -1.10. The van der Waals surface area contributed by atoms with E-state index in [0.717, 1.165) is 94.0 Å². The molecule has 3 aromatic carbocycles. The Morgan fingerprint density at radius 2 is 1.75 bits per heavy atom. The smallest absolute Gasteiger partial charge is 0.229 e. The minimum atomic E-state index is -2.77. The number of amides is 3. The summed E-state index contributed by atoms with van der Waals surface area (Å²) in [5.74, 6) is 0.229. The standard InChI is InChI=1S/C46H54BrN11O5P.Y/c1-29-26-37(53-46-50-28-33(47)43(55-46)51-35-12-11-34-41(49-18-17-48-34)42(35)64(3,4)62)39(63-2)27-38(29)58-20-15-32(16-21-58)57-24-22-56(23-25-57)19-5-6-30-7-9-31(10-8-30)44(60)52-36-13-14-40(59)54-45(36)61;/h7-9,11-12,17-18,26-28,32,36H,5-6,13-16,19-25H2,1-4H3,(H4,49,50,51,52,53,54,55,59,60,61,62);/q-1;/p-1. The molecule has 1 unspecified atom stereocenters. The minimum absolute atomic E-state index is 0. The Morgan fingerprint density at radius 3 is 2.46 bits per heavy atom. The number of benzene rings is 3. The summed E-state index contributed by atoms with van der Waals surface area (Å²) >= 11 is 3.59. The molecule has 2 aromatic heterocycles. The summed E-state index contributed by atoms with van der Waals surface area (Å²) in [6.45, 7) is 12.7. The molecule has 0 bridgehead atoms. The van der Waals surface area contributed by atoms with E-state index in [-0.39, 0.29) is 51.5 Å². The summed E-state index contributed by atoms with van der Waals surface area (Å²) in [6.07, 6.45) is 9.43. The summed E-state index contributed by atoms with van der Waals surface area (Å²) in [5.41, 5.74) is 6.37. The van der Waals surface area contributed by atoms with Crippen molar-refractivity contribution in [1.29, 1.82) is 0 Å². The van der Waals surface area contributed by atoms with Crippen molar-refractivity contribution < 1.29 is 56.4 Å². The van der Waals surface area contributed by atoms with Crippen LogP contribution in [-0.4, -0.2) is 126 Å². The second-order valence-corrected chi connectivity index (χ2v) is 20.9. The van der Waals surface area contributed by atoms with E-state index in [4.69, 9.17) is 9.72 Å². The third-order valence-corrected chi connectivity index (χ3v) is 14.3. The third kappa shape index (κ3) is 11.8. The zero-order valence-corrected chi connectivity index (χ0v) is 42.5. The summed E-state index contributed by atoms with van der Waals surface area (Å²) in [4.78, 5) is 61.9. The second kappa shape index (κ2) is 21.5. The maximum Gasteiger partial charge on any atom is 0.229 e. The molecule has 19 heteroatoms. The SMILES string of the molecule is COc1cc(N2CCC(N3CCN(CCCc4c[c-]c(C(=O)[N-]C5CCC(=O)NC5=O)cc4)CC3)CC2)c(C)cc1Nc1ncc(Br)c(Nc2ccc3nccnc3c2P(C)(C)=O)n1.[Y]. The Labute approximate surface area is 413 Å². The molecule has 3 saturated heterocycles. The number of nitrogens with one attached hydrogen (secondary N) is 3. The number of ether oxygens (including phenoxy) is 1. The Balaban J connectivity index is 0.00000630. The van der Waals surface area contributed by atoms with Crippen molar-refractivity contribution in [2.75, 3.05) is 81.8 Å². The summed E-state index contributed by atoms with van der Waals surface area (Å²) < 4.78 is 20.0. The van der Waals surface area contributed by atoms with Gasteiger partial charge in [-0.1, -0.05) is 6.42 Å². The van der Waals surface area contributed by atoms with Gasteiger partial charge in [-0.05, 0) is 104 Å². The van der Waals surface area contributed by atoms with E-state index in [2.05, 4.69) is 92.0 Å². The molecule has 0 spiro atoms. The Bertz CT molecular complexity index is 2580. The molecule has 339 valence electrons. The van der Waals surface area contributed by atoms with Gasteiger partial charge in [0.15, 0.2) is 0 Å². The van der Waals surface area contributed by atoms with Gasteiger partial charge >= 0.3 is 0 Å². The normalized spacial score (nSPS) is 17.6. The first-order valence-electron chi connectivity index (χ1n) is 21.7. The Hall–Kier alpha value is -4.38. The fourth-order valence-corrected chi connectivity index (χ4v) is 10.5. The first kappa shape index (κ1) is 48.6. The molecule has 8 rings (SSSR count). The molecule has 1 radical (unpaired) electrons. The van der Waals surface area contributed by atoms with Crippen molar-refractivity contribution in [3.8, 4) is 5.75 Å². The zero-order valence-electron chi connectivity index (χ0n) is 37.1. The summed E-state index contributed by atoms with van der Waals surface area (Å²) in [5, 5.41) is 13.6. The van der Waals surface area contributed by atoms with Crippen LogP contribution in [0.1, 0.15) is 53.6 Å². The van der Waals surface area contributed by atoms with Crippen molar-refractivity contribution in [2.45, 2.75) is 57.5 Å². The molecule has 3 aliphatic rings. The van der Waals surface area contributed by atoms with Gasteiger partial charge in [0, 0.05) is 115 Å². The van der Waals surface area contributed by atoms with Crippen LogP contribution in [0.15, 0.2) is 65.5 Å². The topological polar surface area (TPSA) is 189 Å². The quantitative estimate of drug-likeness (QED) is 0.0616. The average molecular weight is 1040 g/mol. The van der Waals surface area contributed by atoms with Crippen LogP contribution < -0.4 is 30.9 Å². The molecule has 5 aromatic rings. The van der Waals surface area contributed by atoms with Crippen molar-refractivity contribution >= 4 is 86.0 Å². The molecule has 16 nitrogen and oxygen atoms in total. The van der Waals surface area contributed by atoms with E-state index < -0.39 is 25.0 Å². The number of aryl methyl sites for hydroxylation is 2. The van der Waals surface area contributed by atoms with Crippen LogP contribution >= 0.6 is 23.1 Å². The molecule has 3 fully saturated rings. The first-order valence-corrected chi connectivity index (χ1v) is 25.1. The number of fused-ring (bicyclic) bond motifs is 1. The van der Waals surface area contributed by atoms with E-state index in [1.807, 2.05) is 24.3 Å². The van der Waals surface area contributed by atoms with E-state index in [1.54, 1.807) is 45.1 Å². The van der Waals surface area contributed by atoms with Crippen LogP contribution in [0.5, 0.6) is 5.75 Å². The molecule has 5 heterocycles. The van der Waals surface area contributed by atoms with Gasteiger partial charge in [0.2, 0.25) is 17.8 Å². The van der Waals surface area contributed by atoms with Crippen molar-refractivity contribution in [3.05, 3.63) is 93.6 Å². The van der Waals surface area contributed by atoms with Crippen LogP contribution in [0.4, 0.5) is 28.8 Å². The molecule has 65 heavy (non-hydrogen) atoms. The van der Waals surface area contributed by atoms with Crippen molar-refractivity contribution in [2.24, 2.45) is 0 Å². The van der Waals surface area contributed by atoms with Crippen LogP contribution in [0, 0.1) is 13.0 Å². The number of nitrogens with zero attached hydrogens (tertiary/aromatic N) is 8. The number of rotatable bonds is 14. The largest absolute Gasteiger partial charge is 0.684 e. The summed E-state index contributed by atoms with van der Waals surface area (Å²) in [6, 6.07) is 16.1. The van der Waals surface area contributed by atoms with Gasteiger partial charge in [-0.25, -0.2) is 4.98 Å². The number of imide groups is 1. The van der Waals surface area contributed by atoms with Crippen LogP contribution in [0.2, 0.25) is 0 Å². The van der Waals surface area contributed by atoms with Crippen LogP contribution in [0.25, 0.3) is 16.4 Å². The number of aromatic nitrogens is 4. The van der Waals surface area contributed by atoms with Gasteiger partial charge < -0.3 is 39.8 Å². The number of halogens is 1. The molecule has 3 aliphatic heterocycles. The van der Waals surface area contributed by atoms with Gasteiger partial charge in [-0.2, -0.15) is 4.98 Å². The van der Waals surface area contributed by atoms with E-state index in [1.165, 1.54) is 0 Å². The fraction of sp³-hybridized carbons (Fsp3) is 0.413. The first-order chi connectivity index (χ1) is 30.8. The molecule has 0 saturated carbocycles. The van der Waals surface area contributed by atoms with Crippen molar-refractivity contribution in [3.63, 3.8) is 0 Å². The maximum atomic E-state index is 13.5. The maximum absolute atomic E-state index is 13.5. The fourth-order valence-electron chi connectivity index (χ4n) is 8.81. The van der Waals surface area contributed by atoms with Gasteiger partial charge in [0.25, 0.3) is 0 Å². The van der Waals surface area contributed by atoms with Crippen LogP contribution in [-0.2, 0) is 53.3 Å². The Kier molecular flexibility index (Phi) is 16.1. The average Bonchev–Trinajstić information content (AvgIpc) is 3.28. The number of hydrogen-bond acceptors (Lipinski definition) is 14. The number of carbonyl (C=O) groups excluding carboxylic acids is 3. The monoisotopic (exact) mass is 1040 g/mol. The second-order valence-electron chi connectivity index (χ2n) is 16.9. The number of piperazine rings is 1. The molecular weight excluding hydrogens is 986 g/mol. The molecular formula is C46H53BrN11O5PY-2. The van der Waals surface area contributed by atoms with Gasteiger partial charge in [-0.15, -0.1) is 35.4 Å².